The fourth-order valence-electron chi connectivity index (χ4n) is 2.53. The van der Waals surface area contributed by atoms with Crippen LogP contribution in [0.3, 0.4) is 0 Å². The molecule has 3 atom stereocenters. The molecule has 4 nitrogen and oxygen atoms in total. The summed E-state index contributed by atoms with van der Waals surface area (Å²) in [5.41, 5.74) is 0.891. The molecule has 1 saturated heterocycles. The molecular formula is C14H22N2O2. The van der Waals surface area contributed by atoms with Crippen molar-refractivity contribution in [3.8, 4) is 0 Å². The first kappa shape index (κ1) is 13.3. The summed E-state index contributed by atoms with van der Waals surface area (Å²) in [4.78, 5) is 6.65. The van der Waals surface area contributed by atoms with Crippen molar-refractivity contribution in [1.29, 1.82) is 0 Å². The van der Waals surface area contributed by atoms with Crippen LogP contribution in [0.4, 0.5) is 5.82 Å². The quantitative estimate of drug-likeness (QED) is 0.891. The molecule has 2 rings (SSSR count). The first-order chi connectivity index (χ1) is 8.63. The molecule has 0 saturated carbocycles. The first-order valence-corrected chi connectivity index (χ1v) is 6.54. The Labute approximate surface area is 109 Å². The van der Waals surface area contributed by atoms with Crippen LogP contribution in [0.5, 0.6) is 0 Å². The molecule has 1 fully saturated rings. The fourth-order valence-corrected chi connectivity index (χ4v) is 2.53. The van der Waals surface area contributed by atoms with E-state index in [0.717, 1.165) is 30.9 Å². The van der Waals surface area contributed by atoms with Crippen molar-refractivity contribution in [2.45, 2.75) is 32.5 Å². The minimum absolute atomic E-state index is 0.239. The number of ether oxygens (including phenoxy) is 1. The summed E-state index contributed by atoms with van der Waals surface area (Å²) < 4.78 is 5.52. The Morgan fingerprint density at radius 3 is 3.00 bits per heavy atom. The summed E-state index contributed by atoms with van der Waals surface area (Å²) in [6.07, 6.45) is 2.62. The lowest BCUT2D eigenvalue weighted by Crippen LogP contribution is -2.44. The monoisotopic (exact) mass is 250 g/mol. The number of pyridine rings is 1. The van der Waals surface area contributed by atoms with Gasteiger partial charge in [-0.2, -0.15) is 0 Å². The van der Waals surface area contributed by atoms with E-state index < -0.39 is 6.10 Å². The normalized spacial score (nSPS) is 26.1. The third-order valence-electron chi connectivity index (χ3n) is 3.76. The first-order valence-electron chi connectivity index (χ1n) is 6.54. The van der Waals surface area contributed by atoms with E-state index in [2.05, 4.69) is 16.8 Å². The average molecular weight is 250 g/mol. The summed E-state index contributed by atoms with van der Waals surface area (Å²) in [5.74, 6) is 1.46. The van der Waals surface area contributed by atoms with Crippen molar-refractivity contribution < 1.29 is 9.84 Å². The molecule has 1 aromatic rings. The van der Waals surface area contributed by atoms with Gasteiger partial charge in [0.2, 0.25) is 0 Å². The summed E-state index contributed by atoms with van der Waals surface area (Å²) in [5, 5.41) is 9.81. The van der Waals surface area contributed by atoms with Gasteiger partial charge < -0.3 is 14.7 Å². The van der Waals surface area contributed by atoms with Crippen molar-refractivity contribution in [3.63, 3.8) is 0 Å². The molecule has 2 unspecified atom stereocenters. The number of rotatable bonds is 3. The summed E-state index contributed by atoms with van der Waals surface area (Å²) >= 11 is 0. The summed E-state index contributed by atoms with van der Waals surface area (Å²) in [6, 6.07) is 3.80. The van der Waals surface area contributed by atoms with E-state index in [0.29, 0.717) is 5.92 Å². The summed E-state index contributed by atoms with van der Waals surface area (Å²) in [6.45, 7) is 5.81. The second-order valence-electron chi connectivity index (χ2n) is 5.08. The molecule has 1 aliphatic rings. The molecule has 0 radical (unpaired) electrons. The van der Waals surface area contributed by atoms with E-state index in [9.17, 15) is 5.11 Å². The molecule has 0 bridgehead atoms. The van der Waals surface area contributed by atoms with Crippen LogP contribution in [0.2, 0.25) is 0 Å². The Kier molecular flexibility index (Phi) is 4.19. The second kappa shape index (κ2) is 5.67. The standard InChI is InChI=1S/C14H22N2O2/c1-10-6-8-16(9-13(10)18-3)14-12(11(2)17)5-4-7-15-14/h4-5,7,10-11,13,17H,6,8-9H2,1-3H3/t10?,11-,13?/m1/s1. The van der Waals surface area contributed by atoms with Gasteiger partial charge >= 0.3 is 0 Å². The van der Waals surface area contributed by atoms with Crippen LogP contribution in [0.25, 0.3) is 0 Å². The molecule has 100 valence electrons. The molecule has 1 N–H and O–H groups in total. The highest BCUT2D eigenvalue weighted by Crippen LogP contribution is 2.28. The molecule has 0 aromatic carbocycles. The maximum atomic E-state index is 9.81. The molecule has 0 aliphatic carbocycles. The lowest BCUT2D eigenvalue weighted by Gasteiger charge is -2.37. The van der Waals surface area contributed by atoms with Crippen molar-refractivity contribution in [1.82, 2.24) is 4.98 Å². The maximum absolute atomic E-state index is 9.81. The van der Waals surface area contributed by atoms with Gasteiger partial charge in [0, 0.05) is 32.0 Å². The van der Waals surface area contributed by atoms with Gasteiger partial charge in [-0.1, -0.05) is 13.0 Å². The van der Waals surface area contributed by atoms with Gasteiger partial charge in [-0.25, -0.2) is 4.98 Å². The lowest BCUT2D eigenvalue weighted by atomic mass is 9.95. The fraction of sp³-hybridized carbons (Fsp3) is 0.643. The van der Waals surface area contributed by atoms with Gasteiger partial charge in [0.05, 0.1) is 12.2 Å². The number of aliphatic hydroxyl groups excluding tert-OH is 1. The van der Waals surface area contributed by atoms with Crippen LogP contribution in [-0.4, -0.2) is 36.4 Å². The summed E-state index contributed by atoms with van der Waals surface area (Å²) in [7, 11) is 1.76. The minimum atomic E-state index is -0.492. The topological polar surface area (TPSA) is 45.6 Å². The van der Waals surface area contributed by atoms with Crippen molar-refractivity contribution >= 4 is 5.82 Å². The average Bonchev–Trinajstić information content (AvgIpc) is 2.39. The second-order valence-corrected chi connectivity index (χ2v) is 5.08. The number of nitrogens with zero attached hydrogens (tertiary/aromatic N) is 2. The van der Waals surface area contributed by atoms with E-state index in [1.54, 1.807) is 20.2 Å². The van der Waals surface area contributed by atoms with Gasteiger partial charge in [-0.15, -0.1) is 0 Å². The van der Waals surface area contributed by atoms with Crippen LogP contribution in [0, 0.1) is 5.92 Å². The molecule has 1 aromatic heterocycles. The highest BCUT2D eigenvalue weighted by Gasteiger charge is 2.28. The highest BCUT2D eigenvalue weighted by molar-refractivity contribution is 5.48. The van der Waals surface area contributed by atoms with Crippen molar-refractivity contribution in [3.05, 3.63) is 23.9 Å². The number of anilines is 1. The number of aromatic nitrogens is 1. The lowest BCUT2D eigenvalue weighted by molar-refractivity contribution is 0.0494. The zero-order valence-corrected chi connectivity index (χ0v) is 11.3. The van der Waals surface area contributed by atoms with Gasteiger partial charge in [-0.05, 0) is 25.3 Å². The maximum Gasteiger partial charge on any atom is 0.134 e. The molecule has 0 amide bonds. The molecule has 0 spiro atoms. The van der Waals surface area contributed by atoms with Crippen LogP contribution >= 0.6 is 0 Å². The number of piperidine rings is 1. The van der Waals surface area contributed by atoms with Crippen LogP contribution in [0.1, 0.15) is 31.9 Å². The molecule has 4 heteroatoms. The SMILES string of the molecule is COC1CN(c2ncccc2[C@@H](C)O)CCC1C. The van der Waals surface area contributed by atoms with E-state index >= 15 is 0 Å². The Hall–Kier alpha value is -1.13. The van der Waals surface area contributed by atoms with E-state index in [1.165, 1.54) is 0 Å². The predicted molar refractivity (Wildman–Crippen MR) is 71.7 cm³/mol. The zero-order chi connectivity index (χ0) is 13.1. The Morgan fingerprint density at radius 2 is 2.33 bits per heavy atom. The van der Waals surface area contributed by atoms with E-state index in [1.807, 2.05) is 12.1 Å². The van der Waals surface area contributed by atoms with Gasteiger partial charge in [-0.3, -0.25) is 0 Å². The minimum Gasteiger partial charge on any atom is -0.389 e. The Bertz CT molecular complexity index is 395. The largest absolute Gasteiger partial charge is 0.389 e. The molecule has 2 heterocycles. The van der Waals surface area contributed by atoms with Gasteiger partial charge in [0.25, 0.3) is 0 Å². The van der Waals surface area contributed by atoms with Crippen LogP contribution in [-0.2, 0) is 4.74 Å². The molecule has 1 aliphatic heterocycles. The van der Waals surface area contributed by atoms with Crippen molar-refractivity contribution in [2.75, 3.05) is 25.1 Å². The number of aliphatic hydroxyl groups is 1. The van der Waals surface area contributed by atoms with E-state index in [-0.39, 0.29) is 6.10 Å². The third-order valence-corrected chi connectivity index (χ3v) is 3.76. The highest BCUT2D eigenvalue weighted by atomic mass is 16.5. The van der Waals surface area contributed by atoms with Crippen LogP contribution in [0.15, 0.2) is 18.3 Å². The smallest absolute Gasteiger partial charge is 0.134 e. The number of hydrogen-bond acceptors (Lipinski definition) is 4. The van der Waals surface area contributed by atoms with E-state index in [4.69, 9.17) is 4.74 Å². The molecular weight excluding hydrogens is 228 g/mol. The predicted octanol–water partition coefficient (Wildman–Crippen LogP) is 2.00. The number of methoxy groups -OCH3 is 1. The Balaban J connectivity index is 2.21. The molecule has 18 heavy (non-hydrogen) atoms. The third kappa shape index (κ3) is 2.65. The van der Waals surface area contributed by atoms with Gasteiger partial charge in [0.1, 0.15) is 5.82 Å². The number of hydrogen-bond donors (Lipinski definition) is 1. The van der Waals surface area contributed by atoms with Crippen molar-refractivity contribution in [2.24, 2.45) is 5.92 Å². The zero-order valence-electron chi connectivity index (χ0n) is 11.3. The Morgan fingerprint density at radius 1 is 1.56 bits per heavy atom. The van der Waals surface area contributed by atoms with Crippen LogP contribution < -0.4 is 4.90 Å². The van der Waals surface area contributed by atoms with Gasteiger partial charge in [0.15, 0.2) is 0 Å².